The Labute approximate surface area is 116 Å². The minimum Gasteiger partial charge on any atom is -0.490 e. The lowest BCUT2D eigenvalue weighted by Crippen LogP contribution is -2.42. The maximum absolute atomic E-state index is 6.05. The molecule has 1 aromatic heterocycles. The van der Waals surface area contributed by atoms with E-state index in [-0.39, 0.29) is 6.04 Å². The van der Waals surface area contributed by atoms with Crippen molar-refractivity contribution in [3.8, 4) is 5.75 Å². The van der Waals surface area contributed by atoms with Crippen molar-refractivity contribution in [3.05, 3.63) is 18.3 Å². The molecule has 1 fully saturated rings. The molecule has 2 atom stereocenters. The molecule has 4 heteroatoms. The third-order valence-corrected chi connectivity index (χ3v) is 3.71. The fourth-order valence-electron chi connectivity index (χ4n) is 2.58. The monoisotopic (exact) mass is 263 g/mol. The van der Waals surface area contributed by atoms with Gasteiger partial charge in [0.25, 0.3) is 0 Å². The molecule has 4 nitrogen and oxygen atoms in total. The zero-order valence-corrected chi connectivity index (χ0v) is 12.0. The average Bonchev–Trinajstić information content (AvgIpc) is 2.45. The summed E-state index contributed by atoms with van der Waals surface area (Å²) in [5.41, 5.74) is 6.05. The lowest BCUT2D eigenvalue weighted by molar-refractivity contribution is 0.312. The van der Waals surface area contributed by atoms with Gasteiger partial charge < -0.3 is 15.4 Å². The summed E-state index contributed by atoms with van der Waals surface area (Å²) in [4.78, 5) is 6.83. The number of pyridine rings is 1. The van der Waals surface area contributed by atoms with E-state index in [0.29, 0.717) is 5.92 Å². The maximum Gasteiger partial charge on any atom is 0.171 e. The van der Waals surface area contributed by atoms with E-state index in [9.17, 15) is 0 Å². The van der Waals surface area contributed by atoms with E-state index in [1.165, 1.54) is 12.8 Å². The molecule has 0 aromatic carbocycles. The van der Waals surface area contributed by atoms with Crippen molar-refractivity contribution < 1.29 is 4.74 Å². The lowest BCUT2D eigenvalue weighted by atomic mass is 9.92. The van der Waals surface area contributed by atoms with Crippen LogP contribution in [0.3, 0.4) is 0 Å². The minimum atomic E-state index is 0.242. The summed E-state index contributed by atoms with van der Waals surface area (Å²) in [5.74, 6) is 2.42. The first-order chi connectivity index (χ1) is 9.22. The van der Waals surface area contributed by atoms with E-state index in [1.54, 1.807) is 0 Å². The van der Waals surface area contributed by atoms with Gasteiger partial charge in [-0.25, -0.2) is 4.98 Å². The van der Waals surface area contributed by atoms with E-state index in [0.717, 1.165) is 37.7 Å². The third kappa shape index (κ3) is 3.60. The highest BCUT2D eigenvalue weighted by atomic mass is 16.5. The summed E-state index contributed by atoms with van der Waals surface area (Å²) in [6.45, 7) is 6.98. The van der Waals surface area contributed by atoms with Gasteiger partial charge in [-0.2, -0.15) is 0 Å². The van der Waals surface area contributed by atoms with E-state index >= 15 is 0 Å². The van der Waals surface area contributed by atoms with E-state index < -0.39 is 0 Å². The Morgan fingerprint density at radius 1 is 1.58 bits per heavy atom. The van der Waals surface area contributed by atoms with Crippen molar-refractivity contribution in [1.29, 1.82) is 0 Å². The summed E-state index contributed by atoms with van der Waals surface area (Å²) >= 11 is 0. The van der Waals surface area contributed by atoms with Crippen LogP contribution < -0.4 is 15.4 Å². The molecule has 0 saturated carbocycles. The summed E-state index contributed by atoms with van der Waals surface area (Å²) < 4.78 is 5.80. The van der Waals surface area contributed by atoms with Gasteiger partial charge in [-0.15, -0.1) is 0 Å². The highest BCUT2D eigenvalue weighted by Gasteiger charge is 2.25. The van der Waals surface area contributed by atoms with Gasteiger partial charge >= 0.3 is 0 Å². The van der Waals surface area contributed by atoms with Crippen LogP contribution in [0.25, 0.3) is 0 Å². The molecule has 0 amide bonds. The highest BCUT2D eigenvalue weighted by Crippen LogP contribution is 2.30. The summed E-state index contributed by atoms with van der Waals surface area (Å²) in [7, 11) is 0. The second-order valence-corrected chi connectivity index (χ2v) is 5.38. The molecule has 0 bridgehead atoms. The van der Waals surface area contributed by atoms with Gasteiger partial charge in [0.2, 0.25) is 0 Å². The molecule has 2 heterocycles. The summed E-state index contributed by atoms with van der Waals surface area (Å²) in [5, 5.41) is 0. The average molecular weight is 263 g/mol. The number of nitrogens with two attached hydrogens (primary N) is 1. The molecule has 0 aliphatic carbocycles. The Balaban J connectivity index is 2.11. The largest absolute Gasteiger partial charge is 0.490 e. The lowest BCUT2D eigenvalue weighted by Gasteiger charge is -2.35. The quantitative estimate of drug-likeness (QED) is 0.886. The molecule has 1 saturated heterocycles. The number of ether oxygens (including phenoxy) is 1. The van der Waals surface area contributed by atoms with Crippen molar-refractivity contribution in [1.82, 2.24) is 4.98 Å². The van der Waals surface area contributed by atoms with Crippen molar-refractivity contribution >= 4 is 5.82 Å². The van der Waals surface area contributed by atoms with Crippen LogP contribution in [0.1, 0.15) is 33.1 Å². The fourth-order valence-corrected chi connectivity index (χ4v) is 2.58. The van der Waals surface area contributed by atoms with Crippen LogP contribution in [-0.2, 0) is 0 Å². The maximum atomic E-state index is 6.05. The van der Waals surface area contributed by atoms with Gasteiger partial charge in [0.1, 0.15) is 0 Å². The first-order valence-electron chi connectivity index (χ1n) is 7.30. The molecular formula is C15H25N3O. The van der Waals surface area contributed by atoms with Gasteiger partial charge in [-0.05, 0) is 44.2 Å². The fraction of sp³-hybridized carbons (Fsp3) is 0.667. The number of hydrogen-bond acceptors (Lipinski definition) is 4. The van der Waals surface area contributed by atoms with Crippen LogP contribution in [0.2, 0.25) is 0 Å². The predicted molar refractivity (Wildman–Crippen MR) is 78.6 cm³/mol. The Bertz CT molecular complexity index is 395. The zero-order valence-electron chi connectivity index (χ0n) is 12.0. The number of piperidine rings is 1. The van der Waals surface area contributed by atoms with Gasteiger partial charge in [-0.3, -0.25) is 0 Å². The van der Waals surface area contributed by atoms with Crippen LogP contribution in [0.15, 0.2) is 18.3 Å². The standard InChI is InChI=1S/C15H25N3O/c1-3-10-19-14-7-4-8-17-15(14)18-9-5-6-13(11-18)12(2)16/h4,7-8,12-13H,3,5-6,9-11,16H2,1-2H3. The summed E-state index contributed by atoms with van der Waals surface area (Å²) in [6.07, 6.45) is 5.24. The number of anilines is 1. The molecule has 1 aliphatic heterocycles. The molecule has 0 radical (unpaired) electrons. The number of aromatic nitrogens is 1. The second-order valence-electron chi connectivity index (χ2n) is 5.38. The number of nitrogens with zero attached hydrogens (tertiary/aromatic N) is 2. The normalized spacial score (nSPS) is 21.2. The van der Waals surface area contributed by atoms with Gasteiger partial charge in [0.05, 0.1) is 6.61 Å². The van der Waals surface area contributed by atoms with E-state index in [1.807, 2.05) is 18.3 Å². The van der Waals surface area contributed by atoms with E-state index in [4.69, 9.17) is 10.5 Å². The molecule has 19 heavy (non-hydrogen) atoms. The Morgan fingerprint density at radius 3 is 3.16 bits per heavy atom. The number of hydrogen-bond donors (Lipinski definition) is 1. The first-order valence-corrected chi connectivity index (χ1v) is 7.30. The van der Waals surface area contributed by atoms with Gasteiger partial charge in [0.15, 0.2) is 11.6 Å². The predicted octanol–water partition coefficient (Wildman–Crippen LogP) is 2.43. The number of rotatable bonds is 5. The topological polar surface area (TPSA) is 51.4 Å². The van der Waals surface area contributed by atoms with Crippen molar-refractivity contribution in [2.75, 3.05) is 24.6 Å². The smallest absolute Gasteiger partial charge is 0.171 e. The van der Waals surface area contributed by atoms with Gasteiger partial charge in [-0.1, -0.05) is 6.92 Å². The molecule has 1 aliphatic rings. The van der Waals surface area contributed by atoms with Crippen molar-refractivity contribution in [3.63, 3.8) is 0 Å². The molecule has 2 N–H and O–H groups in total. The third-order valence-electron chi connectivity index (χ3n) is 3.71. The molecule has 2 rings (SSSR count). The Hall–Kier alpha value is -1.29. The van der Waals surface area contributed by atoms with Crippen LogP contribution in [-0.4, -0.2) is 30.7 Å². The Morgan fingerprint density at radius 2 is 2.42 bits per heavy atom. The SMILES string of the molecule is CCCOc1cccnc1N1CCCC(C(C)N)C1. The van der Waals surface area contributed by atoms with Crippen LogP contribution in [0, 0.1) is 5.92 Å². The van der Waals surface area contributed by atoms with E-state index in [2.05, 4.69) is 23.7 Å². The van der Waals surface area contributed by atoms with Crippen LogP contribution in [0.5, 0.6) is 5.75 Å². The van der Waals surface area contributed by atoms with Crippen molar-refractivity contribution in [2.45, 2.75) is 39.2 Å². The highest BCUT2D eigenvalue weighted by molar-refractivity contribution is 5.52. The van der Waals surface area contributed by atoms with Crippen molar-refractivity contribution in [2.24, 2.45) is 11.7 Å². The Kier molecular flexibility index (Phi) is 5.02. The summed E-state index contributed by atoms with van der Waals surface area (Å²) in [6, 6.07) is 4.18. The molecule has 0 spiro atoms. The minimum absolute atomic E-state index is 0.242. The van der Waals surface area contributed by atoms with Gasteiger partial charge in [0, 0.05) is 25.3 Å². The zero-order chi connectivity index (χ0) is 13.7. The molecule has 1 aromatic rings. The first kappa shape index (κ1) is 14.1. The molecule has 106 valence electrons. The van der Waals surface area contributed by atoms with Crippen LogP contribution in [0.4, 0.5) is 5.82 Å². The second kappa shape index (κ2) is 6.75. The van der Waals surface area contributed by atoms with Crippen LogP contribution >= 0.6 is 0 Å². The molecular weight excluding hydrogens is 238 g/mol. The molecule has 2 unspecified atom stereocenters.